The van der Waals surface area contributed by atoms with Gasteiger partial charge in [0.25, 0.3) is 0 Å². The highest BCUT2D eigenvalue weighted by atomic mass is 16.5. The molecule has 4 N–H and O–H groups in total. The Morgan fingerprint density at radius 1 is 1.21 bits per heavy atom. The topological polar surface area (TPSA) is 136 Å². The second kappa shape index (κ2) is 13.0. The molecule has 0 saturated heterocycles. The van der Waals surface area contributed by atoms with E-state index in [1.165, 1.54) is 0 Å². The van der Waals surface area contributed by atoms with Crippen LogP contribution in [0.1, 0.15) is 97.1 Å². The second-order valence-electron chi connectivity index (χ2n) is 11.4. The van der Waals surface area contributed by atoms with Gasteiger partial charge in [0.15, 0.2) is 5.58 Å². The minimum atomic E-state index is -1.25. The van der Waals surface area contributed by atoms with Crippen molar-refractivity contribution in [2.75, 3.05) is 0 Å². The van der Waals surface area contributed by atoms with Gasteiger partial charge >= 0.3 is 5.97 Å². The van der Waals surface area contributed by atoms with E-state index in [1.807, 2.05) is 32.9 Å². The Labute approximate surface area is 225 Å². The number of carbonyl (C=O) groups excluding carboxylic acids is 2. The van der Waals surface area contributed by atoms with Crippen LogP contribution < -0.4 is 5.73 Å². The van der Waals surface area contributed by atoms with E-state index in [9.17, 15) is 19.8 Å². The summed E-state index contributed by atoms with van der Waals surface area (Å²) in [5, 5.41) is 22.2. The highest BCUT2D eigenvalue weighted by molar-refractivity contribution is 5.88. The van der Waals surface area contributed by atoms with E-state index < -0.39 is 35.6 Å². The normalized spacial score (nSPS) is 28.2. The number of carbonyl (C=O) groups is 2. The van der Waals surface area contributed by atoms with Crippen molar-refractivity contribution in [3.8, 4) is 0 Å². The Kier molecular flexibility index (Phi) is 10.3. The molecule has 0 radical (unpaired) electrons. The van der Waals surface area contributed by atoms with Crippen molar-refractivity contribution in [2.24, 2.45) is 23.0 Å². The molecule has 0 spiro atoms. The molecule has 1 aromatic heterocycles. The van der Waals surface area contributed by atoms with Crippen LogP contribution in [0.2, 0.25) is 0 Å². The summed E-state index contributed by atoms with van der Waals surface area (Å²) in [5.74, 6) is -1.04. The number of cyclic esters (lactones) is 1. The summed E-state index contributed by atoms with van der Waals surface area (Å²) in [4.78, 5) is 31.1. The molecular formula is C30H44N2O6. The minimum absolute atomic E-state index is 0.0607. The van der Waals surface area contributed by atoms with E-state index in [4.69, 9.17) is 14.9 Å². The van der Waals surface area contributed by atoms with Crippen LogP contribution in [0, 0.1) is 17.3 Å². The lowest BCUT2D eigenvalue weighted by Crippen LogP contribution is -2.46. The molecule has 0 amide bonds. The van der Waals surface area contributed by atoms with E-state index >= 15 is 0 Å². The SMILES string of the molecule is CCCC1C(=O)C(C)(C)C(O)CC(=O)OC(c2ccc3oc(CN)nc3c2)CC=C(C)CCCC(C)C1O. The monoisotopic (exact) mass is 528 g/mol. The number of benzene rings is 1. The molecule has 8 heteroatoms. The molecule has 3 rings (SSSR count). The summed E-state index contributed by atoms with van der Waals surface area (Å²) < 4.78 is 11.5. The van der Waals surface area contributed by atoms with Gasteiger partial charge in [0, 0.05) is 12.3 Å². The number of ether oxygens (including phenoxy) is 1. The number of nitrogens with two attached hydrogens (primary N) is 1. The molecule has 2 heterocycles. The van der Waals surface area contributed by atoms with E-state index in [-0.39, 0.29) is 24.7 Å². The quantitative estimate of drug-likeness (QED) is 0.366. The maximum Gasteiger partial charge on any atom is 0.309 e. The third-order valence-electron chi connectivity index (χ3n) is 7.95. The van der Waals surface area contributed by atoms with Crippen molar-refractivity contribution in [2.45, 2.75) is 104 Å². The average molecular weight is 529 g/mol. The van der Waals surface area contributed by atoms with Crippen molar-refractivity contribution in [1.29, 1.82) is 0 Å². The van der Waals surface area contributed by atoms with Gasteiger partial charge in [0.1, 0.15) is 17.4 Å². The molecule has 38 heavy (non-hydrogen) atoms. The zero-order valence-electron chi connectivity index (χ0n) is 23.4. The van der Waals surface area contributed by atoms with Crippen molar-refractivity contribution < 1.29 is 29.0 Å². The molecule has 1 aliphatic rings. The number of allylic oxidation sites excluding steroid dienone is 1. The number of rotatable bonds is 4. The van der Waals surface area contributed by atoms with Gasteiger partial charge in [-0.3, -0.25) is 9.59 Å². The molecular weight excluding hydrogens is 484 g/mol. The number of aromatic nitrogens is 1. The number of aliphatic hydroxyl groups excluding tert-OH is 2. The van der Waals surface area contributed by atoms with Gasteiger partial charge in [0.05, 0.1) is 30.6 Å². The summed E-state index contributed by atoms with van der Waals surface area (Å²) in [6.07, 6.45) is 3.34. The van der Waals surface area contributed by atoms with Crippen LogP contribution in [0.5, 0.6) is 0 Å². The number of ketones is 1. The number of nitrogens with zero attached hydrogens (tertiary/aromatic N) is 1. The maximum absolute atomic E-state index is 13.6. The molecule has 8 nitrogen and oxygen atoms in total. The number of hydrogen-bond donors (Lipinski definition) is 3. The van der Waals surface area contributed by atoms with Gasteiger partial charge in [-0.25, -0.2) is 4.98 Å². The summed E-state index contributed by atoms with van der Waals surface area (Å²) in [6, 6.07) is 5.47. The Morgan fingerprint density at radius 2 is 1.95 bits per heavy atom. The molecule has 0 bridgehead atoms. The first kappa shape index (κ1) is 30.0. The first-order chi connectivity index (χ1) is 18.0. The average Bonchev–Trinajstić information content (AvgIpc) is 3.30. The van der Waals surface area contributed by atoms with Gasteiger partial charge in [-0.2, -0.15) is 0 Å². The van der Waals surface area contributed by atoms with Crippen molar-refractivity contribution >= 4 is 22.9 Å². The molecule has 0 saturated carbocycles. The van der Waals surface area contributed by atoms with Crippen LogP contribution in [0.25, 0.3) is 11.1 Å². The van der Waals surface area contributed by atoms with E-state index in [2.05, 4.69) is 11.1 Å². The van der Waals surface area contributed by atoms with Crippen LogP contribution in [0.4, 0.5) is 0 Å². The Bertz CT molecular complexity index is 1140. The number of esters is 1. The Morgan fingerprint density at radius 3 is 2.63 bits per heavy atom. The van der Waals surface area contributed by atoms with Gasteiger partial charge in [-0.05, 0) is 56.2 Å². The number of Topliss-reactive ketones (excluding diaryl/α,β-unsaturated/α-hetero) is 1. The van der Waals surface area contributed by atoms with E-state index in [0.717, 1.165) is 36.8 Å². The fourth-order valence-electron chi connectivity index (χ4n) is 5.24. The number of oxazole rings is 1. The lowest BCUT2D eigenvalue weighted by Gasteiger charge is -2.36. The molecule has 0 aliphatic carbocycles. The van der Waals surface area contributed by atoms with Crippen LogP contribution in [-0.2, 0) is 20.9 Å². The molecule has 2 aromatic rings. The van der Waals surface area contributed by atoms with Crippen LogP contribution in [0.15, 0.2) is 34.3 Å². The predicted molar refractivity (Wildman–Crippen MR) is 146 cm³/mol. The minimum Gasteiger partial charge on any atom is -0.457 e. The predicted octanol–water partition coefficient (Wildman–Crippen LogP) is 5.15. The lowest BCUT2D eigenvalue weighted by atomic mass is 9.71. The standard InChI is InChI=1S/C30H44N2O6/c1-6-8-21-28(35)19(3)10-7-9-18(2)11-13-23(38-27(34)16-25(33)30(4,5)29(21)36)20-12-14-24-22(15-20)32-26(17-31)37-24/h11-12,14-15,19,21,23,25,28,33,35H,6-10,13,16-17,31H2,1-5H3. The fourth-order valence-corrected chi connectivity index (χ4v) is 5.24. The van der Waals surface area contributed by atoms with Crippen molar-refractivity contribution in [1.82, 2.24) is 4.98 Å². The molecule has 5 unspecified atom stereocenters. The Balaban J connectivity index is 1.93. The van der Waals surface area contributed by atoms with Crippen molar-refractivity contribution in [3.05, 3.63) is 41.3 Å². The highest BCUT2D eigenvalue weighted by Gasteiger charge is 2.43. The first-order valence-corrected chi connectivity index (χ1v) is 13.8. The van der Waals surface area contributed by atoms with Gasteiger partial charge in [-0.15, -0.1) is 0 Å². The third-order valence-corrected chi connectivity index (χ3v) is 7.95. The zero-order valence-corrected chi connectivity index (χ0v) is 23.4. The Hall–Kier alpha value is -2.55. The summed E-state index contributed by atoms with van der Waals surface area (Å²) in [6.45, 7) is 9.49. The van der Waals surface area contributed by atoms with Gasteiger partial charge in [0.2, 0.25) is 5.89 Å². The smallest absolute Gasteiger partial charge is 0.309 e. The van der Waals surface area contributed by atoms with Gasteiger partial charge in [-0.1, -0.05) is 51.8 Å². The van der Waals surface area contributed by atoms with Gasteiger partial charge < -0.3 is 25.1 Å². The summed E-state index contributed by atoms with van der Waals surface area (Å²) in [5.41, 5.74) is 7.60. The van der Waals surface area contributed by atoms with Crippen LogP contribution in [0.3, 0.4) is 0 Å². The maximum atomic E-state index is 13.6. The number of aliphatic hydroxyl groups is 2. The third kappa shape index (κ3) is 7.10. The summed E-state index contributed by atoms with van der Waals surface area (Å²) >= 11 is 0. The molecule has 5 atom stereocenters. The lowest BCUT2D eigenvalue weighted by molar-refractivity contribution is -0.156. The number of hydrogen-bond acceptors (Lipinski definition) is 8. The zero-order chi connectivity index (χ0) is 28.0. The van der Waals surface area contributed by atoms with Crippen LogP contribution in [-0.4, -0.2) is 39.2 Å². The number of fused-ring (bicyclic) bond motifs is 1. The second-order valence-corrected chi connectivity index (χ2v) is 11.4. The fraction of sp³-hybridized carbons (Fsp3) is 0.633. The summed E-state index contributed by atoms with van der Waals surface area (Å²) in [7, 11) is 0. The largest absolute Gasteiger partial charge is 0.457 e. The molecule has 1 aliphatic heterocycles. The van der Waals surface area contributed by atoms with Crippen LogP contribution >= 0.6 is 0 Å². The molecule has 1 aromatic carbocycles. The first-order valence-electron chi connectivity index (χ1n) is 13.8. The molecule has 0 fully saturated rings. The van der Waals surface area contributed by atoms with E-state index in [0.29, 0.717) is 29.8 Å². The van der Waals surface area contributed by atoms with Crippen molar-refractivity contribution in [3.63, 3.8) is 0 Å². The molecule has 210 valence electrons. The van der Waals surface area contributed by atoms with E-state index in [1.54, 1.807) is 19.9 Å². The highest BCUT2D eigenvalue weighted by Crippen LogP contribution is 2.35.